The molecule has 7 atom stereocenters. The van der Waals surface area contributed by atoms with Gasteiger partial charge in [-0.25, -0.2) is 0 Å². The van der Waals surface area contributed by atoms with Crippen LogP contribution in [0.1, 0.15) is 6.92 Å². The standard InChI is InChI=1S/C6H12O6.C6H12O5/c7-1-3(9)5(11)6(12)4(10)2-8;1-3(8)5(10)6(11)4(9)2-7/h3,5-9,11-12H,1-2H2;2-6,8-11H,1H3/t3-,5-,6-;3-,4+,5+,6-/m10/s1. The largest absolute Gasteiger partial charge is 0.394 e. The zero-order chi connectivity index (χ0) is 18.7. The highest BCUT2D eigenvalue weighted by Gasteiger charge is 2.29. The van der Waals surface area contributed by atoms with E-state index in [1.54, 1.807) is 0 Å². The second-order valence-electron chi connectivity index (χ2n) is 4.66. The Bertz CT molecular complexity index is 335. The summed E-state index contributed by atoms with van der Waals surface area (Å²) in [7, 11) is 0. The molecule has 0 saturated heterocycles. The molecular weight excluding hydrogens is 320 g/mol. The lowest BCUT2D eigenvalue weighted by Gasteiger charge is -2.21. The molecule has 0 radical (unpaired) electrons. The van der Waals surface area contributed by atoms with Gasteiger partial charge in [0, 0.05) is 0 Å². The van der Waals surface area contributed by atoms with Gasteiger partial charge < -0.3 is 50.8 Å². The Kier molecular flexibility index (Phi) is 13.1. The van der Waals surface area contributed by atoms with E-state index in [4.69, 9.17) is 46.0 Å². The van der Waals surface area contributed by atoms with Crippen LogP contribution in [0, 0.1) is 0 Å². The van der Waals surface area contributed by atoms with E-state index < -0.39 is 61.7 Å². The number of rotatable bonds is 9. The maximum absolute atomic E-state index is 10.5. The van der Waals surface area contributed by atoms with Crippen molar-refractivity contribution < 1.29 is 55.5 Å². The van der Waals surface area contributed by atoms with Crippen molar-refractivity contribution in [1.82, 2.24) is 0 Å². The van der Waals surface area contributed by atoms with Crippen LogP contribution in [0.4, 0.5) is 0 Å². The molecule has 0 aliphatic carbocycles. The van der Waals surface area contributed by atoms with E-state index in [-0.39, 0.29) is 6.29 Å². The first-order chi connectivity index (χ1) is 10.5. The Morgan fingerprint density at radius 3 is 1.70 bits per heavy atom. The Morgan fingerprint density at radius 1 is 0.913 bits per heavy atom. The molecule has 138 valence electrons. The Morgan fingerprint density at radius 2 is 1.39 bits per heavy atom. The molecule has 0 aromatic carbocycles. The van der Waals surface area contributed by atoms with Gasteiger partial charge in [0.2, 0.25) is 0 Å². The van der Waals surface area contributed by atoms with Crippen molar-refractivity contribution in [3.63, 3.8) is 0 Å². The molecule has 0 fully saturated rings. The summed E-state index contributed by atoms with van der Waals surface area (Å²) >= 11 is 0. The minimum atomic E-state index is -1.86. The first-order valence-corrected chi connectivity index (χ1v) is 6.51. The Balaban J connectivity index is 0. The fourth-order valence-corrected chi connectivity index (χ4v) is 1.17. The second kappa shape index (κ2) is 12.4. The number of hydrogen-bond donors (Lipinski definition) is 9. The van der Waals surface area contributed by atoms with E-state index in [0.29, 0.717) is 0 Å². The highest BCUT2D eigenvalue weighted by atomic mass is 16.4. The maximum atomic E-state index is 10.5. The highest BCUT2D eigenvalue weighted by molar-refractivity contribution is 5.84. The van der Waals surface area contributed by atoms with Gasteiger partial charge in [-0.05, 0) is 6.92 Å². The third-order valence-electron chi connectivity index (χ3n) is 2.72. The normalized spacial score (nSPS) is 20.1. The van der Waals surface area contributed by atoms with Crippen molar-refractivity contribution in [1.29, 1.82) is 0 Å². The Labute approximate surface area is 131 Å². The third kappa shape index (κ3) is 9.00. The predicted octanol–water partition coefficient (Wildman–Crippen LogP) is -5.73. The number of aliphatic hydroxyl groups excluding tert-OH is 9. The van der Waals surface area contributed by atoms with Crippen molar-refractivity contribution in [3.8, 4) is 0 Å². The molecule has 23 heavy (non-hydrogen) atoms. The summed E-state index contributed by atoms with van der Waals surface area (Å²) in [5.41, 5.74) is 0. The van der Waals surface area contributed by atoms with Gasteiger partial charge in [-0.3, -0.25) is 4.79 Å². The van der Waals surface area contributed by atoms with Crippen LogP contribution >= 0.6 is 0 Å². The average molecular weight is 344 g/mol. The van der Waals surface area contributed by atoms with Crippen molar-refractivity contribution in [2.45, 2.75) is 49.7 Å². The summed E-state index contributed by atoms with van der Waals surface area (Å²) in [5, 5.41) is 78.2. The molecule has 11 heteroatoms. The summed E-state index contributed by atoms with van der Waals surface area (Å²) in [6.07, 6.45) is -11.1. The van der Waals surface area contributed by atoms with Crippen LogP contribution in [-0.2, 0) is 9.59 Å². The lowest BCUT2D eigenvalue weighted by molar-refractivity contribution is -0.142. The molecule has 0 heterocycles. The van der Waals surface area contributed by atoms with Gasteiger partial charge in [0.05, 0.1) is 12.7 Å². The molecule has 0 spiro atoms. The van der Waals surface area contributed by atoms with Crippen LogP contribution in [0.3, 0.4) is 0 Å². The third-order valence-corrected chi connectivity index (χ3v) is 2.72. The van der Waals surface area contributed by atoms with Gasteiger partial charge in [-0.1, -0.05) is 0 Å². The fraction of sp³-hybridized carbons (Fsp3) is 0.833. The zero-order valence-corrected chi connectivity index (χ0v) is 12.4. The van der Waals surface area contributed by atoms with Crippen LogP contribution in [0.5, 0.6) is 0 Å². The lowest BCUT2D eigenvalue weighted by Crippen LogP contribution is -2.44. The van der Waals surface area contributed by atoms with Crippen molar-refractivity contribution in [2.75, 3.05) is 13.2 Å². The summed E-state index contributed by atoms with van der Waals surface area (Å²) in [4.78, 5) is 20.4. The quantitative estimate of drug-likeness (QED) is 0.179. The first-order valence-electron chi connectivity index (χ1n) is 6.51. The van der Waals surface area contributed by atoms with Crippen LogP contribution < -0.4 is 0 Å². The molecule has 9 N–H and O–H groups in total. The van der Waals surface area contributed by atoms with Gasteiger partial charge in [-0.15, -0.1) is 0 Å². The van der Waals surface area contributed by atoms with Crippen LogP contribution in [0.25, 0.3) is 0 Å². The van der Waals surface area contributed by atoms with E-state index in [1.165, 1.54) is 6.92 Å². The van der Waals surface area contributed by atoms with Crippen LogP contribution in [-0.4, -0.2) is 114 Å². The molecule has 0 aromatic heterocycles. The number of hydrogen-bond acceptors (Lipinski definition) is 11. The van der Waals surface area contributed by atoms with Gasteiger partial charge in [0.1, 0.15) is 43.2 Å². The first kappa shape index (κ1) is 24.2. The minimum absolute atomic E-state index is 0.0935. The number of carbonyl (C=O) groups is 2. The molecule has 0 saturated carbocycles. The summed E-state index contributed by atoms with van der Waals surface area (Å²) in [5.74, 6) is -1.00. The zero-order valence-electron chi connectivity index (χ0n) is 12.4. The van der Waals surface area contributed by atoms with Gasteiger partial charge in [0.25, 0.3) is 0 Å². The number of aliphatic hydroxyl groups is 9. The molecule has 0 aliphatic rings. The van der Waals surface area contributed by atoms with Crippen LogP contribution in [0.15, 0.2) is 0 Å². The minimum Gasteiger partial charge on any atom is -0.394 e. The highest BCUT2D eigenvalue weighted by Crippen LogP contribution is 2.02. The molecule has 0 rings (SSSR count). The Hall–Kier alpha value is -1.02. The molecular formula is C12H24O11. The van der Waals surface area contributed by atoms with E-state index in [9.17, 15) is 9.59 Å². The number of Topliss-reactive ketones (excluding diaryl/α,β-unsaturated/α-hetero) is 1. The van der Waals surface area contributed by atoms with Crippen molar-refractivity contribution in [3.05, 3.63) is 0 Å². The van der Waals surface area contributed by atoms with Gasteiger partial charge in [-0.2, -0.15) is 0 Å². The van der Waals surface area contributed by atoms with Crippen LogP contribution in [0.2, 0.25) is 0 Å². The van der Waals surface area contributed by atoms with E-state index in [0.717, 1.165) is 0 Å². The molecule has 0 amide bonds. The molecule has 11 nitrogen and oxygen atoms in total. The number of carbonyl (C=O) groups excluding carboxylic acids is 2. The maximum Gasteiger partial charge on any atom is 0.189 e. The van der Waals surface area contributed by atoms with Crippen molar-refractivity contribution in [2.24, 2.45) is 0 Å². The van der Waals surface area contributed by atoms with Gasteiger partial charge in [0.15, 0.2) is 12.1 Å². The van der Waals surface area contributed by atoms with E-state index in [1.807, 2.05) is 0 Å². The molecule has 0 bridgehead atoms. The molecule has 0 unspecified atom stereocenters. The summed E-state index contributed by atoms with van der Waals surface area (Å²) in [6, 6.07) is 0. The monoisotopic (exact) mass is 344 g/mol. The van der Waals surface area contributed by atoms with E-state index >= 15 is 0 Å². The average Bonchev–Trinajstić information content (AvgIpc) is 2.56. The summed E-state index contributed by atoms with van der Waals surface area (Å²) in [6.45, 7) is -0.446. The van der Waals surface area contributed by atoms with Crippen molar-refractivity contribution >= 4 is 12.1 Å². The fourth-order valence-electron chi connectivity index (χ4n) is 1.17. The SMILES string of the molecule is C[C@H](O)[C@@H](O)[C@@H](O)[C@H](O)C=O.O=C(CO)[C@@H](O)[C@H](O)[C@H](O)CO. The smallest absolute Gasteiger partial charge is 0.189 e. The number of aldehydes is 1. The topological polar surface area (TPSA) is 216 Å². The molecule has 0 aliphatic heterocycles. The molecule has 0 aromatic rings. The second-order valence-corrected chi connectivity index (χ2v) is 4.66. The number of ketones is 1. The van der Waals surface area contributed by atoms with Gasteiger partial charge >= 0.3 is 0 Å². The summed E-state index contributed by atoms with van der Waals surface area (Å²) < 4.78 is 0. The van der Waals surface area contributed by atoms with E-state index in [2.05, 4.69) is 0 Å². The lowest BCUT2D eigenvalue weighted by atomic mass is 10.1. The predicted molar refractivity (Wildman–Crippen MR) is 73.0 cm³/mol.